The van der Waals surface area contributed by atoms with E-state index >= 15 is 0 Å². The van der Waals surface area contributed by atoms with E-state index in [1.54, 1.807) is 0 Å². The number of benzene rings is 1. The van der Waals surface area contributed by atoms with Gasteiger partial charge < -0.3 is 4.90 Å². The Morgan fingerprint density at radius 3 is 2.35 bits per heavy atom. The fourth-order valence-electron chi connectivity index (χ4n) is 3.52. The molecule has 0 unspecified atom stereocenters. The molecule has 1 aromatic carbocycles. The molecule has 2 aliphatic carbocycles. The summed E-state index contributed by atoms with van der Waals surface area (Å²) in [5.41, 5.74) is 1.34. The van der Waals surface area contributed by atoms with Crippen molar-refractivity contribution in [2.45, 2.75) is 31.2 Å². The fourth-order valence-corrected chi connectivity index (χ4v) is 3.52. The smallest absolute Gasteiger partial charge is 0.226 e. The van der Waals surface area contributed by atoms with Crippen LogP contribution < -0.4 is 0 Å². The lowest BCUT2D eigenvalue weighted by Crippen LogP contribution is -2.49. The van der Waals surface area contributed by atoms with Crippen molar-refractivity contribution in [1.29, 1.82) is 0 Å². The number of rotatable bonds is 3. The predicted octanol–water partition coefficient (Wildman–Crippen LogP) is 2.10. The molecular weight excluding hydrogens is 248 g/mol. The van der Waals surface area contributed by atoms with E-state index in [9.17, 15) is 4.79 Å². The highest BCUT2D eigenvalue weighted by molar-refractivity contribution is 5.83. The van der Waals surface area contributed by atoms with E-state index in [0.29, 0.717) is 11.8 Å². The Bertz CT molecular complexity index is 489. The van der Waals surface area contributed by atoms with Gasteiger partial charge >= 0.3 is 0 Å². The van der Waals surface area contributed by atoms with Crippen LogP contribution in [-0.4, -0.2) is 47.9 Å². The Hall–Kier alpha value is -1.35. The average Bonchev–Trinajstić information content (AvgIpc) is 3.41. The van der Waals surface area contributed by atoms with Gasteiger partial charge in [-0.1, -0.05) is 30.3 Å². The molecule has 1 aliphatic heterocycles. The molecule has 3 aliphatic rings. The summed E-state index contributed by atoms with van der Waals surface area (Å²) in [5, 5.41) is 0. The second-order valence-corrected chi connectivity index (χ2v) is 6.45. The molecule has 0 radical (unpaired) electrons. The Morgan fingerprint density at radius 2 is 1.70 bits per heavy atom. The topological polar surface area (TPSA) is 23.6 Å². The normalized spacial score (nSPS) is 30.3. The van der Waals surface area contributed by atoms with Crippen LogP contribution in [0.2, 0.25) is 0 Å². The molecule has 106 valence electrons. The van der Waals surface area contributed by atoms with E-state index < -0.39 is 0 Å². The standard InChI is InChI=1S/C17H22N2O/c20-17(16-12-15(16)13-4-2-1-3-5-13)19-10-8-18(9-11-19)14-6-7-14/h1-5,14-16H,6-12H2/t15-,16+/m0/s1. The third-order valence-electron chi connectivity index (χ3n) is 5.02. The number of nitrogens with zero attached hydrogens (tertiary/aromatic N) is 2. The van der Waals surface area contributed by atoms with Crippen molar-refractivity contribution in [2.24, 2.45) is 5.92 Å². The molecule has 1 aromatic rings. The minimum absolute atomic E-state index is 0.255. The molecule has 3 nitrogen and oxygen atoms in total. The van der Waals surface area contributed by atoms with Gasteiger partial charge in [0.05, 0.1) is 0 Å². The van der Waals surface area contributed by atoms with Crippen molar-refractivity contribution in [1.82, 2.24) is 9.80 Å². The molecule has 1 amide bonds. The van der Waals surface area contributed by atoms with E-state index in [2.05, 4.69) is 34.1 Å². The number of hydrogen-bond donors (Lipinski definition) is 0. The fraction of sp³-hybridized carbons (Fsp3) is 0.588. The second-order valence-electron chi connectivity index (χ2n) is 6.45. The van der Waals surface area contributed by atoms with Crippen LogP contribution >= 0.6 is 0 Å². The summed E-state index contributed by atoms with van der Waals surface area (Å²) in [6, 6.07) is 11.3. The lowest BCUT2D eigenvalue weighted by atomic mass is 10.1. The van der Waals surface area contributed by atoms with Gasteiger partial charge in [-0.3, -0.25) is 9.69 Å². The maximum absolute atomic E-state index is 12.5. The number of carbonyl (C=O) groups excluding carboxylic acids is 1. The zero-order valence-corrected chi connectivity index (χ0v) is 11.9. The number of amides is 1. The number of piperazine rings is 1. The Morgan fingerprint density at radius 1 is 1.00 bits per heavy atom. The van der Waals surface area contributed by atoms with Gasteiger partial charge in [-0.05, 0) is 30.7 Å². The zero-order chi connectivity index (χ0) is 13.5. The molecule has 2 saturated carbocycles. The summed E-state index contributed by atoms with van der Waals surface area (Å²) in [5.74, 6) is 1.13. The van der Waals surface area contributed by atoms with Gasteiger partial charge in [-0.25, -0.2) is 0 Å². The second kappa shape index (κ2) is 4.88. The molecule has 0 N–H and O–H groups in total. The van der Waals surface area contributed by atoms with E-state index in [0.717, 1.165) is 38.6 Å². The van der Waals surface area contributed by atoms with Crippen molar-refractivity contribution >= 4 is 5.91 Å². The highest BCUT2D eigenvalue weighted by Gasteiger charge is 2.46. The van der Waals surface area contributed by atoms with Crippen LogP contribution in [0.3, 0.4) is 0 Å². The lowest BCUT2D eigenvalue weighted by Gasteiger charge is -2.35. The monoisotopic (exact) mass is 270 g/mol. The van der Waals surface area contributed by atoms with E-state index in [4.69, 9.17) is 0 Å². The summed E-state index contributed by atoms with van der Waals surface area (Å²) in [4.78, 5) is 17.2. The van der Waals surface area contributed by atoms with Crippen LogP contribution in [0.1, 0.15) is 30.7 Å². The Kier molecular flexibility index (Phi) is 3.03. The highest BCUT2D eigenvalue weighted by Crippen LogP contribution is 2.48. The molecule has 1 saturated heterocycles. The molecule has 0 bridgehead atoms. The molecule has 4 rings (SSSR count). The molecule has 0 spiro atoms. The SMILES string of the molecule is O=C([C@@H]1C[C@H]1c1ccccc1)N1CCN(C2CC2)CC1. The largest absolute Gasteiger partial charge is 0.340 e. The lowest BCUT2D eigenvalue weighted by molar-refractivity contribution is -0.134. The van der Waals surface area contributed by atoms with Crippen LogP contribution in [0.5, 0.6) is 0 Å². The Balaban J connectivity index is 1.33. The molecule has 2 atom stereocenters. The average molecular weight is 270 g/mol. The first kappa shape index (κ1) is 12.4. The van der Waals surface area contributed by atoms with Crippen molar-refractivity contribution in [2.75, 3.05) is 26.2 Å². The minimum atomic E-state index is 0.255. The van der Waals surface area contributed by atoms with E-state index in [-0.39, 0.29) is 5.92 Å². The van der Waals surface area contributed by atoms with E-state index in [1.165, 1.54) is 18.4 Å². The van der Waals surface area contributed by atoms with Crippen LogP contribution in [-0.2, 0) is 4.79 Å². The van der Waals surface area contributed by atoms with Gasteiger partial charge in [0.1, 0.15) is 0 Å². The third kappa shape index (κ3) is 2.35. The van der Waals surface area contributed by atoms with Crippen molar-refractivity contribution in [3.8, 4) is 0 Å². The quantitative estimate of drug-likeness (QED) is 0.840. The predicted molar refractivity (Wildman–Crippen MR) is 78.5 cm³/mol. The first-order chi connectivity index (χ1) is 9.83. The van der Waals surface area contributed by atoms with Crippen molar-refractivity contribution in [3.63, 3.8) is 0 Å². The van der Waals surface area contributed by atoms with Gasteiger partial charge in [0, 0.05) is 38.1 Å². The highest BCUT2D eigenvalue weighted by atomic mass is 16.2. The van der Waals surface area contributed by atoms with Gasteiger partial charge in [0.15, 0.2) is 0 Å². The van der Waals surface area contributed by atoms with Gasteiger partial charge in [-0.15, -0.1) is 0 Å². The third-order valence-corrected chi connectivity index (χ3v) is 5.02. The van der Waals surface area contributed by atoms with Crippen molar-refractivity contribution < 1.29 is 4.79 Å². The number of hydrogen-bond acceptors (Lipinski definition) is 2. The van der Waals surface area contributed by atoms with Gasteiger partial charge in [0.2, 0.25) is 5.91 Å². The molecule has 0 aromatic heterocycles. The van der Waals surface area contributed by atoms with Crippen LogP contribution in [0.25, 0.3) is 0 Å². The molecule has 20 heavy (non-hydrogen) atoms. The first-order valence-corrected chi connectivity index (χ1v) is 7.91. The molecule has 1 heterocycles. The Labute approximate surface area is 120 Å². The summed E-state index contributed by atoms with van der Waals surface area (Å²) < 4.78 is 0. The van der Waals surface area contributed by atoms with Gasteiger partial charge in [-0.2, -0.15) is 0 Å². The molecule has 3 heteroatoms. The van der Waals surface area contributed by atoms with Crippen molar-refractivity contribution in [3.05, 3.63) is 35.9 Å². The van der Waals surface area contributed by atoms with Crippen LogP contribution in [0, 0.1) is 5.92 Å². The first-order valence-electron chi connectivity index (χ1n) is 7.91. The zero-order valence-electron chi connectivity index (χ0n) is 11.9. The maximum atomic E-state index is 12.5. The van der Waals surface area contributed by atoms with Crippen LogP contribution in [0.15, 0.2) is 30.3 Å². The van der Waals surface area contributed by atoms with Crippen LogP contribution in [0.4, 0.5) is 0 Å². The minimum Gasteiger partial charge on any atom is -0.340 e. The summed E-state index contributed by atoms with van der Waals surface area (Å²) in [6.45, 7) is 4.04. The number of carbonyl (C=O) groups is 1. The molecular formula is C17H22N2O. The summed E-state index contributed by atoms with van der Waals surface area (Å²) in [7, 11) is 0. The van der Waals surface area contributed by atoms with E-state index in [1.807, 2.05) is 6.07 Å². The van der Waals surface area contributed by atoms with Gasteiger partial charge in [0.25, 0.3) is 0 Å². The molecule has 3 fully saturated rings. The maximum Gasteiger partial charge on any atom is 0.226 e. The summed E-state index contributed by atoms with van der Waals surface area (Å²) >= 11 is 0. The summed E-state index contributed by atoms with van der Waals surface area (Å²) in [6.07, 6.45) is 3.78.